The smallest absolute Gasteiger partial charge is 0.0726 e. The van der Waals surface area contributed by atoms with Crippen molar-refractivity contribution in [2.45, 2.75) is 13.0 Å². The molecule has 1 unspecified atom stereocenters. The number of benzene rings is 3. The summed E-state index contributed by atoms with van der Waals surface area (Å²) in [7, 11) is 0. The van der Waals surface area contributed by atoms with Gasteiger partial charge in [0.25, 0.3) is 0 Å². The van der Waals surface area contributed by atoms with E-state index in [1.54, 1.807) is 0 Å². The van der Waals surface area contributed by atoms with Crippen LogP contribution in [0.5, 0.6) is 0 Å². The van der Waals surface area contributed by atoms with Crippen molar-refractivity contribution >= 4 is 11.8 Å². The van der Waals surface area contributed by atoms with Crippen molar-refractivity contribution in [2.75, 3.05) is 0 Å². The summed E-state index contributed by atoms with van der Waals surface area (Å²) < 4.78 is 0. The lowest BCUT2D eigenvalue weighted by Crippen LogP contribution is -2.07. The number of hydrogen-bond donors (Lipinski definition) is 0. The molecule has 1 heteroatoms. The molecular weight excluding hydrogens is 290 g/mol. The van der Waals surface area contributed by atoms with E-state index in [4.69, 9.17) is 4.99 Å². The minimum Gasteiger partial charge on any atom is -0.277 e. The van der Waals surface area contributed by atoms with Gasteiger partial charge in [-0.2, -0.15) is 0 Å². The van der Waals surface area contributed by atoms with Gasteiger partial charge in [-0.15, -0.1) is 0 Å². The van der Waals surface area contributed by atoms with Gasteiger partial charge < -0.3 is 0 Å². The monoisotopic (exact) mass is 311 g/mol. The van der Waals surface area contributed by atoms with Crippen LogP contribution in [-0.2, 0) is 0 Å². The molecule has 3 rings (SSSR count). The van der Waals surface area contributed by atoms with Crippen molar-refractivity contribution in [1.82, 2.24) is 0 Å². The quantitative estimate of drug-likeness (QED) is 0.542. The van der Waals surface area contributed by atoms with Crippen LogP contribution in [0.2, 0.25) is 0 Å². The summed E-state index contributed by atoms with van der Waals surface area (Å²) in [5.41, 5.74) is 4.51. The van der Waals surface area contributed by atoms with E-state index in [1.165, 1.54) is 5.56 Å². The first kappa shape index (κ1) is 15.9. The number of nitrogens with zero attached hydrogens (tertiary/aromatic N) is 1. The predicted octanol–water partition coefficient (Wildman–Crippen LogP) is 5.63. The van der Waals surface area contributed by atoms with Gasteiger partial charge in [0, 0.05) is 11.1 Å². The highest BCUT2D eigenvalue weighted by Gasteiger charge is 2.07. The SMILES string of the molecule is CC(/C=C/c1ccccc1)N=C(c1ccccc1)c1ccccc1. The van der Waals surface area contributed by atoms with Gasteiger partial charge in [-0.1, -0.05) is 103 Å². The zero-order valence-electron chi connectivity index (χ0n) is 13.8. The van der Waals surface area contributed by atoms with Crippen molar-refractivity contribution < 1.29 is 0 Å². The van der Waals surface area contributed by atoms with Crippen LogP contribution < -0.4 is 0 Å². The van der Waals surface area contributed by atoms with E-state index in [0.717, 1.165) is 16.8 Å². The van der Waals surface area contributed by atoms with E-state index in [2.05, 4.69) is 79.7 Å². The molecular formula is C23H21N. The van der Waals surface area contributed by atoms with Gasteiger partial charge in [-0.05, 0) is 12.5 Å². The van der Waals surface area contributed by atoms with Gasteiger partial charge in [-0.25, -0.2) is 0 Å². The van der Waals surface area contributed by atoms with Crippen LogP contribution in [-0.4, -0.2) is 11.8 Å². The Bertz CT molecular complexity index is 761. The van der Waals surface area contributed by atoms with Crippen LogP contribution in [0.15, 0.2) is 102 Å². The molecule has 3 aromatic carbocycles. The third kappa shape index (κ3) is 4.30. The van der Waals surface area contributed by atoms with E-state index in [1.807, 2.05) is 30.3 Å². The maximum Gasteiger partial charge on any atom is 0.0726 e. The molecule has 0 bridgehead atoms. The van der Waals surface area contributed by atoms with Crippen molar-refractivity contribution in [2.24, 2.45) is 4.99 Å². The Morgan fingerprint density at radius 3 is 1.67 bits per heavy atom. The Labute approximate surface area is 144 Å². The molecule has 0 spiro atoms. The second kappa shape index (κ2) is 8.07. The van der Waals surface area contributed by atoms with Gasteiger partial charge in [0.15, 0.2) is 0 Å². The number of hydrogen-bond acceptors (Lipinski definition) is 1. The third-order valence-corrected chi connectivity index (χ3v) is 3.79. The van der Waals surface area contributed by atoms with E-state index >= 15 is 0 Å². The normalized spacial score (nSPS) is 12.0. The summed E-state index contributed by atoms with van der Waals surface area (Å²) in [6.07, 6.45) is 4.27. The van der Waals surface area contributed by atoms with Gasteiger partial charge in [0.2, 0.25) is 0 Å². The fourth-order valence-corrected chi connectivity index (χ4v) is 2.57. The molecule has 0 saturated heterocycles. The molecule has 0 amide bonds. The standard InChI is InChI=1S/C23H21N/c1-19(17-18-20-11-5-2-6-12-20)24-23(21-13-7-3-8-14-21)22-15-9-4-10-16-22/h2-19H,1H3/b18-17+. The second-order valence-electron chi connectivity index (χ2n) is 5.72. The van der Waals surface area contributed by atoms with Crippen molar-refractivity contribution in [1.29, 1.82) is 0 Å². The molecule has 1 nitrogen and oxygen atoms in total. The van der Waals surface area contributed by atoms with Gasteiger partial charge >= 0.3 is 0 Å². The topological polar surface area (TPSA) is 12.4 Å². The summed E-state index contributed by atoms with van der Waals surface area (Å²) in [5.74, 6) is 0. The second-order valence-corrected chi connectivity index (χ2v) is 5.72. The summed E-state index contributed by atoms with van der Waals surface area (Å²) in [4.78, 5) is 4.96. The molecule has 0 aliphatic rings. The first-order valence-electron chi connectivity index (χ1n) is 8.25. The molecule has 24 heavy (non-hydrogen) atoms. The molecule has 0 N–H and O–H groups in total. The maximum absolute atomic E-state index is 4.96. The number of aliphatic imine (C=N–C) groups is 1. The summed E-state index contributed by atoms with van der Waals surface area (Å²) in [6.45, 7) is 2.12. The van der Waals surface area contributed by atoms with Gasteiger partial charge in [0.1, 0.15) is 0 Å². The molecule has 0 aliphatic heterocycles. The Morgan fingerprint density at radius 2 is 1.17 bits per heavy atom. The highest BCUT2D eigenvalue weighted by Crippen LogP contribution is 2.13. The Hall–Kier alpha value is -2.93. The third-order valence-electron chi connectivity index (χ3n) is 3.79. The first-order chi connectivity index (χ1) is 11.8. The van der Waals surface area contributed by atoms with Crippen molar-refractivity contribution in [3.8, 4) is 0 Å². The Kier molecular flexibility index (Phi) is 5.36. The fourth-order valence-electron chi connectivity index (χ4n) is 2.57. The maximum atomic E-state index is 4.96. The summed E-state index contributed by atoms with van der Waals surface area (Å²) in [5, 5.41) is 0. The van der Waals surface area contributed by atoms with Crippen molar-refractivity contribution in [3.63, 3.8) is 0 Å². The van der Waals surface area contributed by atoms with Crippen molar-refractivity contribution in [3.05, 3.63) is 114 Å². The van der Waals surface area contributed by atoms with Crippen LogP contribution in [0.4, 0.5) is 0 Å². The van der Waals surface area contributed by atoms with E-state index < -0.39 is 0 Å². The molecule has 1 atom stereocenters. The first-order valence-corrected chi connectivity index (χ1v) is 8.25. The van der Waals surface area contributed by atoms with Crippen LogP contribution in [0.1, 0.15) is 23.6 Å². The Morgan fingerprint density at radius 1 is 0.708 bits per heavy atom. The van der Waals surface area contributed by atoms with E-state index in [-0.39, 0.29) is 6.04 Å². The molecule has 118 valence electrons. The van der Waals surface area contributed by atoms with E-state index in [0.29, 0.717) is 0 Å². The molecule has 0 fully saturated rings. The average Bonchev–Trinajstić information content (AvgIpc) is 2.67. The lowest BCUT2D eigenvalue weighted by molar-refractivity contribution is 0.931. The molecule has 0 radical (unpaired) electrons. The fraction of sp³-hybridized carbons (Fsp3) is 0.0870. The van der Waals surface area contributed by atoms with Crippen LogP contribution in [0.3, 0.4) is 0 Å². The minimum atomic E-state index is 0.0978. The Balaban J connectivity index is 1.90. The van der Waals surface area contributed by atoms with Crippen LogP contribution in [0.25, 0.3) is 6.08 Å². The van der Waals surface area contributed by atoms with Crippen LogP contribution >= 0.6 is 0 Å². The predicted molar refractivity (Wildman–Crippen MR) is 103 cm³/mol. The highest BCUT2D eigenvalue weighted by atomic mass is 14.8. The zero-order chi connectivity index (χ0) is 16.6. The molecule has 0 aliphatic carbocycles. The lowest BCUT2D eigenvalue weighted by Gasteiger charge is -2.10. The summed E-state index contributed by atoms with van der Waals surface area (Å²) in [6, 6.07) is 31.1. The number of rotatable bonds is 5. The van der Waals surface area contributed by atoms with Gasteiger partial charge in [-0.3, -0.25) is 4.99 Å². The molecule has 3 aromatic rings. The minimum absolute atomic E-state index is 0.0978. The molecule has 0 aromatic heterocycles. The molecule has 0 heterocycles. The summed E-state index contributed by atoms with van der Waals surface area (Å²) >= 11 is 0. The highest BCUT2D eigenvalue weighted by molar-refractivity contribution is 6.13. The van der Waals surface area contributed by atoms with Crippen LogP contribution in [0, 0.1) is 0 Å². The lowest BCUT2D eigenvalue weighted by atomic mass is 10.0. The molecule has 0 saturated carbocycles. The zero-order valence-corrected chi connectivity index (χ0v) is 13.8. The van der Waals surface area contributed by atoms with E-state index in [9.17, 15) is 0 Å². The largest absolute Gasteiger partial charge is 0.277 e. The van der Waals surface area contributed by atoms with Gasteiger partial charge in [0.05, 0.1) is 11.8 Å². The average molecular weight is 311 g/mol.